The van der Waals surface area contributed by atoms with Gasteiger partial charge in [0, 0.05) is 13.1 Å². The first-order valence-electron chi connectivity index (χ1n) is 8.33. The van der Waals surface area contributed by atoms with Crippen molar-refractivity contribution < 1.29 is 23.9 Å². The third-order valence-corrected chi connectivity index (χ3v) is 5.03. The van der Waals surface area contributed by atoms with E-state index in [1.165, 1.54) is 0 Å². The zero-order valence-electron chi connectivity index (χ0n) is 13.8. The van der Waals surface area contributed by atoms with Gasteiger partial charge in [-0.3, -0.25) is 14.9 Å². The van der Waals surface area contributed by atoms with E-state index in [4.69, 9.17) is 9.47 Å². The maximum atomic E-state index is 12.9. The number of piperidine rings is 1. The Kier molecular flexibility index (Phi) is 3.55. The number of fused-ring (bicyclic) bond motifs is 1. The highest BCUT2D eigenvalue weighted by atomic mass is 16.6. The molecule has 8 heteroatoms. The van der Waals surface area contributed by atoms with Crippen molar-refractivity contribution in [3.05, 3.63) is 24.3 Å². The number of carbonyl (C=O) groups is 3. The highest BCUT2D eigenvalue weighted by molar-refractivity contribution is 6.07. The Morgan fingerprint density at radius 3 is 2.40 bits per heavy atom. The van der Waals surface area contributed by atoms with Gasteiger partial charge >= 0.3 is 6.03 Å². The van der Waals surface area contributed by atoms with E-state index in [2.05, 4.69) is 10.6 Å². The van der Waals surface area contributed by atoms with Gasteiger partial charge in [-0.05, 0) is 31.9 Å². The molecule has 0 bridgehead atoms. The van der Waals surface area contributed by atoms with Crippen LogP contribution in [-0.4, -0.2) is 53.6 Å². The molecule has 2 N–H and O–H groups in total. The van der Waals surface area contributed by atoms with Gasteiger partial charge in [0.05, 0.1) is 0 Å². The standard InChI is InChI=1S/C17H19N3O5/c1-10-13(25-12-5-3-2-4-11(12)24-10)14(21)20-8-6-17(7-9-20)15(22)18-16(23)19-17/h2-5,10,13H,6-9H2,1H3,(H2,18,19,22,23). The lowest BCUT2D eigenvalue weighted by atomic mass is 9.87. The summed E-state index contributed by atoms with van der Waals surface area (Å²) in [6.45, 7) is 2.55. The quantitative estimate of drug-likeness (QED) is 0.719. The summed E-state index contributed by atoms with van der Waals surface area (Å²) in [5.41, 5.74) is -0.893. The van der Waals surface area contributed by atoms with E-state index >= 15 is 0 Å². The Bertz CT molecular complexity index is 742. The van der Waals surface area contributed by atoms with Crippen LogP contribution in [0.3, 0.4) is 0 Å². The van der Waals surface area contributed by atoms with Crippen molar-refractivity contribution in [3.63, 3.8) is 0 Å². The number of imide groups is 1. The Balaban J connectivity index is 1.44. The zero-order valence-corrected chi connectivity index (χ0v) is 13.8. The number of rotatable bonds is 1. The van der Waals surface area contributed by atoms with Crippen LogP contribution in [0.1, 0.15) is 19.8 Å². The van der Waals surface area contributed by atoms with Crippen LogP contribution in [0.2, 0.25) is 0 Å². The van der Waals surface area contributed by atoms with E-state index in [1.54, 1.807) is 24.0 Å². The van der Waals surface area contributed by atoms with E-state index in [0.717, 1.165) is 0 Å². The van der Waals surface area contributed by atoms with E-state index in [1.807, 2.05) is 12.1 Å². The second-order valence-electron chi connectivity index (χ2n) is 6.62. The number of hydrogen-bond acceptors (Lipinski definition) is 5. The summed E-state index contributed by atoms with van der Waals surface area (Å²) < 4.78 is 11.6. The summed E-state index contributed by atoms with van der Waals surface area (Å²) in [6.07, 6.45) is -0.368. The molecule has 0 aromatic heterocycles. The molecule has 4 amide bonds. The van der Waals surface area contributed by atoms with Gasteiger partial charge in [-0.2, -0.15) is 0 Å². The molecule has 2 unspecified atom stereocenters. The largest absolute Gasteiger partial charge is 0.482 e. The molecule has 1 aromatic rings. The summed E-state index contributed by atoms with van der Waals surface area (Å²) in [4.78, 5) is 37.9. The molecule has 3 heterocycles. The average molecular weight is 345 g/mol. The van der Waals surface area contributed by atoms with Gasteiger partial charge in [0.1, 0.15) is 11.6 Å². The van der Waals surface area contributed by atoms with Gasteiger partial charge in [-0.1, -0.05) is 12.1 Å². The number of benzene rings is 1. The lowest BCUT2D eigenvalue weighted by Gasteiger charge is -2.40. The summed E-state index contributed by atoms with van der Waals surface area (Å²) in [5.74, 6) is 0.697. The molecular weight excluding hydrogens is 326 g/mol. The van der Waals surface area contributed by atoms with Crippen molar-refractivity contribution in [3.8, 4) is 11.5 Å². The number of ether oxygens (including phenoxy) is 2. The minimum absolute atomic E-state index is 0.165. The smallest absolute Gasteiger partial charge is 0.322 e. The zero-order chi connectivity index (χ0) is 17.6. The number of hydrogen-bond donors (Lipinski definition) is 2. The fourth-order valence-corrected chi connectivity index (χ4v) is 3.56. The third-order valence-electron chi connectivity index (χ3n) is 5.03. The third kappa shape index (κ3) is 2.57. The lowest BCUT2D eigenvalue weighted by molar-refractivity contribution is -0.147. The van der Waals surface area contributed by atoms with Gasteiger partial charge in [0.15, 0.2) is 11.5 Å². The molecule has 2 fully saturated rings. The first-order valence-corrected chi connectivity index (χ1v) is 8.33. The van der Waals surface area contributed by atoms with E-state index in [-0.39, 0.29) is 11.8 Å². The molecule has 2 saturated heterocycles. The van der Waals surface area contributed by atoms with Crippen molar-refractivity contribution in [1.29, 1.82) is 0 Å². The topological polar surface area (TPSA) is 97.0 Å². The van der Waals surface area contributed by atoms with Crippen LogP contribution >= 0.6 is 0 Å². The molecule has 4 rings (SSSR count). The Hall–Kier alpha value is -2.77. The van der Waals surface area contributed by atoms with Gasteiger partial charge < -0.3 is 19.7 Å². The second-order valence-corrected chi connectivity index (χ2v) is 6.62. The van der Waals surface area contributed by atoms with Crippen molar-refractivity contribution >= 4 is 17.8 Å². The molecule has 2 atom stereocenters. The summed E-state index contributed by atoms with van der Waals surface area (Å²) >= 11 is 0. The number of likely N-dealkylation sites (tertiary alicyclic amines) is 1. The lowest BCUT2D eigenvalue weighted by Crippen LogP contribution is -2.59. The molecule has 3 aliphatic rings. The summed E-state index contributed by atoms with van der Waals surface area (Å²) in [5, 5.41) is 4.95. The molecule has 1 spiro atoms. The Morgan fingerprint density at radius 2 is 1.80 bits per heavy atom. The molecular formula is C17H19N3O5. The van der Waals surface area contributed by atoms with Crippen molar-refractivity contribution in [2.24, 2.45) is 0 Å². The SMILES string of the molecule is CC1Oc2ccccc2OC1C(=O)N1CCC2(CC1)NC(=O)NC2=O. The first-order chi connectivity index (χ1) is 12.0. The van der Waals surface area contributed by atoms with Crippen LogP contribution in [0.5, 0.6) is 11.5 Å². The molecule has 3 aliphatic heterocycles. The van der Waals surface area contributed by atoms with Gasteiger partial charge in [0.2, 0.25) is 6.10 Å². The highest BCUT2D eigenvalue weighted by Crippen LogP contribution is 2.34. The molecule has 1 aromatic carbocycles. The molecule has 132 valence electrons. The molecule has 0 saturated carbocycles. The minimum Gasteiger partial charge on any atom is -0.482 e. The van der Waals surface area contributed by atoms with Gasteiger partial charge in [0.25, 0.3) is 11.8 Å². The monoisotopic (exact) mass is 345 g/mol. The van der Waals surface area contributed by atoms with Gasteiger partial charge in [-0.15, -0.1) is 0 Å². The normalized spacial score (nSPS) is 27.0. The van der Waals surface area contributed by atoms with Crippen LogP contribution in [-0.2, 0) is 9.59 Å². The maximum absolute atomic E-state index is 12.9. The van der Waals surface area contributed by atoms with Crippen molar-refractivity contribution in [1.82, 2.24) is 15.5 Å². The molecule has 25 heavy (non-hydrogen) atoms. The van der Waals surface area contributed by atoms with E-state index < -0.39 is 23.8 Å². The van der Waals surface area contributed by atoms with Crippen LogP contribution in [0.4, 0.5) is 4.79 Å². The predicted molar refractivity (Wildman–Crippen MR) is 86.2 cm³/mol. The minimum atomic E-state index is -0.893. The maximum Gasteiger partial charge on any atom is 0.322 e. The number of urea groups is 1. The number of amides is 4. The molecule has 8 nitrogen and oxygen atoms in total. The molecule has 0 aliphatic carbocycles. The Labute approximate surface area is 144 Å². The van der Waals surface area contributed by atoms with E-state index in [9.17, 15) is 14.4 Å². The average Bonchev–Trinajstić information content (AvgIpc) is 2.87. The van der Waals surface area contributed by atoms with Crippen molar-refractivity contribution in [2.75, 3.05) is 13.1 Å². The van der Waals surface area contributed by atoms with Crippen LogP contribution in [0, 0.1) is 0 Å². The highest BCUT2D eigenvalue weighted by Gasteiger charge is 2.49. The predicted octanol–water partition coefficient (Wildman–Crippen LogP) is 0.416. The van der Waals surface area contributed by atoms with Crippen molar-refractivity contribution in [2.45, 2.75) is 37.5 Å². The fraction of sp³-hybridized carbons (Fsp3) is 0.471. The first kappa shape index (κ1) is 15.7. The van der Waals surface area contributed by atoms with Gasteiger partial charge in [-0.25, -0.2) is 4.79 Å². The molecule has 0 radical (unpaired) electrons. The van der Waals surface area contributed by atoms with E-state index in [0.29, 0.717) is 37.4 Å². The fourth-order valence-electron chi connectivity index (χ4n) is 3.56. The number of carbonyl (C=O) groups excluding carboxylic acids is 3. The Morgan fingerprint density at radius 1 is 1.16 bits per heavy atom. The second kappa shape index (κ2) is 5.65. The number of nitrogens with zero attached hydrogens (tertiary/aromatic N) is 1. The summed E-state index contributed by atoms with van der Waals surface area (Å²) in [6, 6.07) is 6.77. The summed E-state index contributed by atoms with van der Waals surface area (Å²) in [7, 11) is 0. The number of para-hydroxylation sites is 2. The number of nitrogens with one attached hydrogen (secondary N) is 2. The van der Waals surface area contributed by atoms with Crippen LogP contribution < -0.4 is 20.1 Å². The van der Waals surface area contributed by atoms with Crippen LogP contribution in [0.25, 0.3) is 0 Å². The van der Waals surface area contributed by atoms with Crippen LogP contribution in [0.15, 0.2) is 24.3 Å².